The van der Waals surface area contributed by atoms with Gasteiger partial charge in [-0.3, -0.25) is 10.1 Å². The van der Waals surface area contributed by atoms with Crippen molar-refractivity contribution in [3.05, 3.63) is 74.9 Å². The van der Waals surface area contributed by atoms with E-state index < -0.39 is 5.91 Å². The second-order valence-corrected chi connectivity index (χ2v) is 7.67. The van der Waals surface area contributed by atoms with E-state index in [1.54, 1.807) is 18.2 Å². The summed E-state index contributed by atoms with van der Waals surface area (Å²) in [5, 5.41) is 6.43. The van der Waals surface area contributed by atoms with Crippen molar-refractivity contribution in [2.75, 3.05) is 5.32 Å². The van der Waals surface area contributed by atoms with Gasteiger partial charge in [0, 0.05) is 20.7 Å². The third kappa shape index (κ3) is 4.77. The minimum atomic E-state index is -0.425. The second-order valence-electron chi connectivity index (χ2n) is 6.00. The zero-order valence-corrected chi connectivity index (χ0v) is 17.8. The number of benzene rings is 2. The van der Waals surface area contributed by atoms with Gasteiger partial charge >= 0.3 is 0 Å². The number of thiocarbonyl (C=S) groups is 1. The van der Waals surface area contributed by atoms with Gasteiger partial charge in [0.05, 0.1) is 0 Å². The molecule has 0 fully saturated rings. The van der Waals surface area contributed by atoms with Crippen LogP contribution in [0.15, 0.2) is 57.4 Å². The van der Waals surface area contributed by atoms with Crippen molar-refractivity contribution in [2.24, 2.45) is 0 Å². The molecule has 0 saturated heterocycles. The highest BCUT2D eigenvalue weighted by Crippen LogP contribution is 2.27. The number of carbonyl (C=O) groups excluding carboxylic acids is 1. The molecule has 138 valence electrons. The number of amides is 1. The second kappa shape index (κ2) is 8.25. The number of nitrogens with one attached hydrogen (secondary N) is 2. The molecule has 0 unspecified atom stereocenters. The van der Waals surface area contributed by atoms with E-state index >= 15 is 0 Å². The normalized spacial score (nSPS) is 10.5. The lowest BCUT2D eigenvalue weighted by Crippen LogP contribution is -2.33. The molecule has 0 aliphatic carbocycles. The van der Waals surface area contributed by atoms with Gasteiger partial charge in [-0.05, 0) is 73.6 Å². The third-order valence-corrected chi connectivity index (χ3v) is 5.43. The van der Waals surface area contributed by atoms with E-state index in [1.165, 1.54) is 0 Å². The molecule has 3 rings (SSSR count). The Morgan fingerprint density at radius 1 is 1.07 bits per heavy atom. The fraction of sp³-hybridized carbons (Fsp3) is 0.100. The van der Waals surface area contributed by atoms with E-state index in [0.717, 1.165) is 26.9 Å². The zero-order valence-electron chi connectivity index (χ0n) is 14.6. The van der Waals surface area contributed by atoms with Crippen LogP contribution in [0.25, 0.3) is 11.3 Å². The Morgan fingerprint density at radius 3 is 2.56 bits per heavy atom. The predicted molar refractivity (Wildman–Crippen MR) is 116 cm³/mol. The Balaban J connectivity index is 1.67. The molecule has 0 spiro atoms. The Morgan fingerprint density at radius 2 is 1.85 bits per heavy atom. The fourth-order valence-electron chi connectivity index (χ4n) is 2.41. The summed E-state index contributed by atoms with van der Waals surface area (Å²) in [6.45, 7) is 3.90. The highest BCUT2D eigenvalue weighted by atomic mass is 79.9. The predicted octanol–water partition coefficient (Wildman–Crippen LogP) is 6.11. The van der Waals surface area contributed by atoms with E-state index in [1.807, 2.05) is 44.2 Å². The van der Waals surface area contributed by atoms with Crippen LogP contribution < -0.4 is 10.6 Å². The van der Waals surface area contributed by atoms with Crippen molar-refractivity contribution >= 4 is 56.5 Å². The molecule has 0 aliphatic rings. The van der Waals surface area contributed by atoms with Crippen LogP contribution in [0.3, 0.4) is 0 Å². The maximum Gasteiger partial charge on any atom is 0.293 e. The number of hydrogen-bond acceptors (Lipinski definition) is 3. The molecule has 1 aromatic heterocycles. The average Bonchev–Trinajstić information content (AvgIpc) is 3.11. The zero-order chi connectivity index (χ0) is 19.6. The minimum absolute atomic E-state index is 0.165. The van der Waals surface area contributed by atoms with Crippen molar-refractivity contribution in [1.29, 1.82) is 0 Å². The monoisotopic (exact) mass is 462 g/mol. The van der Waals surface area contributed by atoms with E-state index in [-0.39, 0.29) is 10.9 Å². The van der Waals surface area contributed by atoms with Crippen LogP contribution >= 0.6 is 39.7 Å². The number of aryl methyl sites for hydroxylation is 2. The van der Waals surface area contributed by atoms with Crippen LogP contribution in [0, 0.1) is 13.8 Å². The molecule has 0 aliphatic heterocycles. The minimum Gasteiger partial charge on any atom is -0.451 e. The Bertz CT molecular complexity index is 1030. The third-order valence-electron chi connectivity index (χ3n) is 3.93. The van der Waals surface area contributed by atoms with Crippen LogP contribution in [0.4, 0.5) is 5.69 Å². The molecule has 1 amide bonds. The molecule has 0 bridgehead atoms. The molecule has 1 heterocycles. The van der Waals surface area contributed by atoms with Crippen molar-refractivity contribution < 1.29 is 9.21 Å². The topological polar surface area (TPSA) is 54.3 Å². The molecule has 2 N–H and O–H groups in total. The van der Waals surface area contributed by atoms with Crippen LogP contribution in [-0.4, -0.2) is 11.0 Å². The van der Waals surface area contributed by atoms with Gasteiger partial charge in [0.25, 0.3) is 5.91 Å². The maximum atomic E-state index is 12.4. The maximum absolute atomic E-state index is 12.4. The van der Waals surface area contributed by atoms with Gasteiger partial charge in [0.1, 0.15) is 5.76 Å². The van der Waals surface area contributed by atoms with E-state index in [2.05, 4.69) is 26.6 Å². The Labute approximate surface area is 176 Å². The van der Waals surface area contributed by atoms with Gasteiger partial charge in [0.2, 0.25) is 0 Å². The Kier molecular flexibility index (Phi) is 5.99. The van der Waals surface area contributed by atoms with Gasteiger partial charge in [-0.25, -0.2) is 0 Å². The lowest BCUT2D eigenvalue weighted by Gasteiger charge is -2.10. The van der Waals surface area contributed by atoms with Gasteiger partial charge < -0.3 is 9.73 Å². The van der Waals surface area contributed by atoms with E-state index in [4.69, 9.17) is 28.2 Å². The van der Waals surface area contributed by atoms with Gasteiger partial charge in [-0.15, -0.1) is 0 Å². The molecule has 4 nitrogen and oxygen atoms in total. The fourth-order valence-corrected chi connectivity index (χ4v) is 3.05. The summed E-state index contributed by atoms with van der Waals surface area (Å²) in [6.07, 6.45) is 0. The van der Waals surface area contributed by atoms with Crippen molar-refractivity contribution in [2.45, 2.75) is 13.8 Å². The quantitative estimate of drug-likeness (QED) is 0.460. The number of halogens is 2. The van der Waals surface area contributed by atoms with E-state index in [9.17, 15) is 4.79 Å². The molecule has 0 radical (unpaired) electrons. The molecule has 0 saturated carbocycles. The summed E-state index contributed by atoms with van der Waals surface area (Å²) in [7, 11) is 0. The molecule has 27 heavy (non-hydrogen) atoms. The highest BCUT2D eigenvalue weighted by molar-refractivity contribution is 9.10. The highest BCUT2D eigenvalue weighted by Gasteiger charge is 2.14. The first-order chi connectivity index (χ1) is 12.8. The number of anilines is 1. The first-order valence-electron chi connectivity index (χ1n) is 8.08. The summed E-state index contributed by atoms with van der Waals surface area (Å²) >= 11 is 14.8. The molecule has 3 aromatic rings. The first-order valence-corrected chi connectivity index (χ1v) is 9.66. The van der Waals surface area contributed by atoms with Gasteiger partial charge in [0.15, 0.2) is 10.9 Å². The van der Waals surface area contributed by atoms with E-state index in [0.29, 0.717) is 10.8 Å². The van der Waals surface area contributed by atoms with Crippen LogP contribution in [0.1, 0.15) is 21.7 Å². The van der Waals surface area contributed by atoms with Crippen LogP contribution in [0.2, 0.25) is 5.02 Å². The number of carbonyl (C=O) groups is 1. The average molecular weight is 464 g/mol. The molecular formula is C20H16BrClN2O2S. The lowest BCUT2D eigenvalue weighted by atomic mass is 10.1. The molecular weight excluding hydrogens is 448 g/mol. The smallest absolute Gasteiger partial charge is 0.293 e. The van der Waals surface area contributed by atoms with Crippen LogP contribution in [-0.2, 0) is 0 Å². The summed E-state index contributed by atoms with van der Waals surface area (Å²) < 4.78 is 6.65. The van der Waals surface area contributed by atoms with Crippen LogP contribution in [0.5, 0.6) is 0 Å². The molecule has 7 heteroatoms. The lowest BCUT2D eigenvalue weighted by molar-refractivity contribution is 0.0951. The van der Waals surface area contributed by atoms with Gasteiger partial charge in [-0.1, -0.05) is 39.7 Å². The largest absolute Gasteiger partial charge is 0.451 e. The van der Waals surface area contributed by atoms with Crippen molar-refractivity contribution in [3.8, 4) is 11.3 Å². The molecule has 2 aromatic carbocycles. The summed E-state index contributed by atoms with van der Waals surface area (Å²) in [4.78, 5) is 12.4. The number of hydrogen-bond donors (Lipinski definition) is 2. The summed E-state index contributed by atoms with van der Waals surface area (Å²) in [5.41, 5.74) is 3.62. The SMILES string of the molecule is Cc1ccc(-c2ccc(C(=O)NC(=S)Nc3ccc(Br)c(C)c3)o2)cc1Cl. The Hall–Kier alpha value is -2.15. The summed E-state index contributed by atoms with van der Waals surface area (Å²) in [5.74, 6) is 0.299. The summed E-state index contributed by atoms with van der Waals surface area (Å²) in [6, 6.07) is 14.6. The molecule has 0 atom stereocenters. The van der Waals surface area contributed by atoms with Crippen molar-refractivity contribution in [1.82, 2.24) is 5.32 Å². The first kappa shape index (κ1) is 19.6. The van der Waals surface area contributed by atoms with Gasteiger partial charge in [-0.2, -0.15) is 0 Å². The number of furan rings is 1. The number of rotatable bonds is 3. The van der Waals surface area contributed by atoms with Crippen molar-refractivity contribution in [3.63, 3.8) is 0 Å². The standard InChI is InChI=1S/C20H16BrClN2O2S/c1-11-3-4-13(10-16(11)22)17-7-8-18(26-17)19(25)24-20(27)23-14-5-6-15(21)12(2)9-14/h3-10H,1-2H3,(H2,23,24,25,27).